The molecular weight excluding hydrogens is 404 g/mol. The second kappa shape index (κ2) is 6.78. The lowest BCUT2D eigenvalue weighted by Gasteiger charge is -2.09. The summed E-state index contributed by atoms with van der Waals surface area (Å²) in [5.74, 6) is 0. The van der Waals surface area contributed by atoms with E-state index in [9.17, 15) is 0 Å². The van der Waals surface area contributed by atoms with Crippen molar-refractivity contribution in [1.82, 2.24) is 19.1 Å². The first kappa shape index (κ1) is 18.2. The maximum Gasteiger partial charge on any atom is 0.116 e. The van der Waals surface area contributed by atoms with E-state index in [-0.39, 0.29) is 0 Å². The Labute approximate surface area is 190 Å². The normalized spacial score (nSPS) is 11.8. The molecule has 156 valence electrons. The van der Waals surface area contributed by atoms with Crippen LogP contribution in [0.4, 0.5) is 0 Å². The van der Waals surface area contributed by atoms with Crippen LogP contribution in [0.15, 0.2) is 103 Å². The fourth-order valence-corrected chi connectivity index (χ4v) is 4.92. The summed E-state index contributed by atoms with van der Waals surface area (Å²) in [6.07, 6.45) is 1.85. The molecule has 7 rings (SSSR count). The maximum atomic E-state index is 5.24. The van der Waals surface area contributed by atoms with Crippen LogP contribution in [0, 0.1) is 6.92 Å². The van der Waals surface area contributed by atoms with Crippen molar-refractivity contribution in [3.63, 3.8) is 0 Å². The SMILES string of the molecule is Cc1ccc(-n2c3ccccc3c3nc4c5ncccc5n(-c5ccccc5)c4cc32)cc1. The van der Waals surface area contributed by atoms with Crippen molar-refractivity contribution in [3.05, 3.63) is 109 Å². The maximum absolute atomic E-state index is 5.24. The highest BCUT2D eigenvalue weighted by Crippen LogP contribution is 2.36. The largest absolute Gasteiger partial charge is 0.308 e. The predicted octanol–water partition coefficient (Wildman–Crippen LogP) is 6.98. The Balaban J connectivity index is 1.69. The van der Waals surface area contributed by atoms with E-state index in [0.29, 0.717) is 0 Å². The van der Waals surface area contributed by atoms with Gasteiger partial charge in [-0.05, 0) is 55.5 Å². The third-order valence-electron chi connectivity index (χ3n) is 6.42. The van der Waals surface area contributed by atoms with Gasteiger partial charge in [0, 0.05) is 23.0 Å². The fourth-order valence-electron chi connectivity index (χ4n) is 4.92. The first-order valence-electron chi connectivity index (χ1n) is 11.1. The lowest BCUT2D eigenvalue weighted by molar-refractivity contribution is 1.16. The van der Waals surface area contributed by atoms with Crippen molar-refractivity contribution < 1.29 is 0 Å². The number of hydrogen-bond donors (Lipinski definition) is 0. The monoisotopic (exact) mass is 424 g/mol. The van der Waals surface area contributed by atoms with Gasteiger partial charge < -0.3 is 9.13 Å². The van der Waals surface area contributed by atoms with E-state index < -0.39 is 0 Å². The van der Waals surface area contributed by atoms with Gasteiger partial charge in [-0.25, -0.2) is 4.98 Å². The van der Waals surface area contributed by atoms with Crippen molar-refractivity contribution in [2.24, 2.45) is 0 Å². The number of benzene rings is 3. The zero-order chi connectivity index (χ0) is 21.9. The molecule has 4 heteroatoms. The van der Waals surface area contributed by atoms with Crippen LogP contribution in [0.25, 0.3) is 55.4 Å². The van der Waals surface area contributed by atoms with E-state index in [2.05, 4.69) is 101 Å². The molecule has 4 aromatic heterocycles. The minimum absolute atomic E-state index is 0.922. The molecule has 0 N–H and O–H groups in total. The summed E-state index contributed by atoms with van der Waals surface area (Å²) in [5.41, 5.74) is 10.7. The Morgan fingerprint density at radius 2 is 1.21 bits per heavy atom. The molecule has 0 spiro atoms. The molecule has 0 unspecified atom stereocenters. The standard InChI is InChI=1S/C29H20N4/c1-19-13-15-21(16-14-19)32-23-11-6-5-10-22(23)27-25(32)18-26-29(31-27)28-24(12-7-17-30-28)33(26)20-8-3-2-4-9-20/h2-18H,1H3. The molecule has 0 saturated heterocycles. The zero-order valence-electron chi connectivity index (χ0n) is 18.1. The van der Waals surface area contributed by atoms with E-state index in [0.717, 1.165) is 55.4 Å². The highest BCUT2D eigenvalue weighted by Gasteiger charge is 2.19. The molecule has 3 aromatic carbocycles. The number of para-hydroxylation sites is 2. The van der Waals surface area contributed by atoms with Crippen LogP contribution >= 0.6 is 0 Å². The lowest BCUT2D eigenvalue weighted by Crippen LogP contribution is -1.96. The number of pyridine rings is 2. The molecule has 0 aliphatic carbocycles. The minimum atomic E-state index is 0.922. The van der Waals surface area contributed by atoms with Crippen LogP contribution in [0.1, 0.15) is 5.56 Å². The molecule has 4 heterocycles. The van der Waals surface area contributed by atoms with Gasteiger partial charge in [-0.2, -0.15) is 0 Å². The molecule has 0 bridgehead atoms. The number of aromatic nitrogens is 4. The summed E-state index contributed by atoms with van der Waals surface area (Å²) in [7, 11) is 0. The van der Waals surface area contributed by atoms with Gasteiger partial charge in [0.05, 0.1) is 27.6 Å². The molecular formula is C29H20N4. The van der Waals surface area contributed by atoms with Gasteiger partial charge >= 0.3 is 0 Å². The summed E-state index contributed by atoms with van der Waals surface area (Å²) in [4.78, 5) is 9.97. The highest BCUT2D eigenvalue weighted by molar-refractivity contribution is 6.14. The molecule has 7 aromatic rings. The molecule has 0 radical (unpaired) electrons. The third-order valence-corrected chi connectivity index (χ3v) is 6.42. The number of fused-ring (bicyclic) bond motifs is 6. The minimum Gasteiger partial charge on any atom is -0.308 e. The first-order chi connectivity index (χ1) is 16.3. The van der Waals surface area contributed by atoms with Crippen LogP contribution in [-0.4, -0.2) is 19.1 Å². The molecule has 0 aliphatic heterocycles. The number of aryl methyl sites for hydroxylation is 1. The lowest BCUT2D eigenvalue weighted by atomic mass is 10.2. The molecule has 33 heavy (non-hydrogen) atoms. The number of nitrogens with zero attached hydrogens (tertiary/aromatic N) is 4. The first-order valence-corrected chi connectivity index (χ1v) is 11.1. The van der Waals surface area contributed by atoms with E-state index in [1.165, 1.54) is 5.56 Å². The fraction of sp³-hybridized carbons (Fsp3) is 0.0345. The van der Waals surface area contributed by atoms with Crippen LogP contribution in [0.3, 0.4) is 0 Å². The molecule has 0 amide bonds. The Morgan fingerprint density at radius 1 is 0.545 bits per heavy atom. The molecule has 0 aliphatic rings. The van der Waals surface area contributed by atoms with E-state index >= 15 is 0 Å². The van der Waals surface area contributed by atoms with Gasteiger partial charge in [0.1, 0.15) is 11.0 Å². The number of hydrogen-bond acceptors (Lipinski definition) is 2. The van der Waals surface area contributed by atoms with Crippen molar-refractivity contribution in [2.75, 3.05) is 0 Å². The second-order valence-electron chi connectivity index (χ2n) is 8.45. The highest BCUT2D eigenvalue weighted by atomic mass is 15.0. The summed E-state index contributed by atoms with van der Waals surface area (Å²) >= 11 is 0. The summed E-state index contributed by atoms with van der Waals surface area (Å²) in [6.45, 7) is 2.12. The van der Waals surface area contributed by atoms with Crippen LogP contribution in [0.2, 0.25) is 0 Å². The summed E-state index contributed by atoms with van der Waals surface area (Å²) < 4.78 is 4.58. The van der Waals surface area contributed by atoms with E-state index in [1.807, 2.05) is 18.3 Å². The van der Waals surface area contributed by atoms with Crippen molar-refractivity contribution in [2.45, 2.75) is 6.92 Å². The van der Waals surface area contributed by atoms with Crippen molar-refractivity contribution >= 4 is 44.0 Å². The van der Waals surface area contributed by atoms with Crippen LogP contribution in [0.5, 0.6) is 0 Å². The summed E-state index contributed by atoms with van der Waals surface area (Å²) in [6, 6.07) is 34.0. The van der Waals surface area contributed by atoms with Crippen LogP contribution < -0.4 is 0 Å². The quantitative estimate of drug-likeness (QED) is 0.300. The predicted molar refractivity (Wildman–Crippen MR) is 135 cm³/mol. The Bertz CT molecular complexity index is 1810. The van der Waals surface area contributed by atoms with Gasteiger partial charge in [0.25, 0.3) is 0 Å². The average molecular weight is 425 g/mol. The Morgan fingerprint density at radius 3 is 2.06 bits per heavy atom. The third kappa shape index (κ3) is 2.58. The Kier molecular flexibility index (Phi) is 3.73. The zero-order valence-corrected chi connectivity index (χ0v) is 18.1. The topological polar surface area (TPSA) is 35.6 Å². The molecule has 4 nitrogen and oxygen atoms in total. The van der Waals surface area contributed by atoms with Crippen molar-refractivity contribution in [3.8, 4) is 11.4 Å². The second-order valence-corrected chi connectivity index (χ2v) is 8.45. The molecule has 0 saturated carbocycles. The van der Waals surface area contributed by atoms with Crippen molar-refractivity contribution in [1.29, 1.82) is 0 Å². The van der Waals surface area contributed by atoms with E-state index in [1.54, 1.807) is 0 Å². The van der Waals surface area contributed by atoms with Gasteiger partial charge in [-0.15, -0.1) is 0 Å². The smallest absolute Gasteiger partial charge is 0.116 e. The van der Waals surface area contributed by atoms with Gasteiger partial charge in [-0.3, -0.25) is 4.98 Å². The van der Waals surface area contributed by atoms with Gasteiger partial charge in [0.15, 0.2) is 0 Å². The van der Waals surface area contributed by atoms with E-state index in [4.69, 9.17) is 9.97 Å². The Hall–Kier alpha value is -4.44. The molecule has 0 atom stereocenters. The average Bonchev–Trinajstić information content (AvgIpc) is 3.36. The molecule has 0 fully saturated rings. The van der Waals surface area contributed by atoms with Gasteiger partial charge in [-0.1, -0.05) is 54.1 Å². The van der Waals surface area contributed by atoms with Gasteiger partial charge in [0.2, 0.25) is 0 Å². The number of rotatable bonds is 2. The van der Waals surface area contributed by atoms with Crippen LogP contribution in [-0.2, 0) is 0 Å². The summed E-state index contributed by atoms with van der Waals surface area (Å²) in [5, 5.41) is 1.14.